The molecule has 1 aliphatic rings. The molecule has 0 aromatic carbocycles. The van der Waals surface area contributed by atoms with E-state index in [2.05, 4.69) is 0 Å². The van der Waals surface area contributed by atoms with Crippen LogP contribution >= 0.6 is 0 Å². The van der Waals surface area contributed by atoms with Gasteiger partial charge < -0.3 is 29.5 Å². The molecule has 1 aliphatic heterocycles. The Morgan fingerprint density at radius 3 is 2.45 bits per heavy atom. The third-order valence-electron chi connectivity index (χ3n) is 3.66. The van der Waals surface area contributed by atoms with Gasteiger partial charge in [0.1, 0.15) is 12.2 Å². The number of aliphatic carboxylic acids is 1. The quantitative estimate of drug-likeness (QED) is 0.478. The molecule has 1 rings (SSSR count). The van der Waals surface area contributed by atoms with Crippen molar-refractivity contribution in [3.63, 3.8) is 0 Å². The topological polar surface area (TPSA) is 109 Å². The van der Waals surface area contributed by atoms with E-state index in [0.29, 0.717) is 13.0 Å². The lowest BCUT2D eigenvalue weighted by Gasteiger charge is -2.33. The zero-order valence-corrected chi connectivity index (χ0v) is 12.1. The Balaban J connectivity index is 2.32. The van der Waals surface area contributed by atoms with Crippen LogP contribution < -0.4 is 0 Å². The van der Waals surface area contributed by atoms with E-state index in [-0.39, 0.29) is 25.4 Å². The van der Waals surface area contributed by atoms with Crippen molar-refractivity contribution in [1.82, 2.24) is 0 Å². The highest BCUT2D eigenvalue weighted by Crippen LogP contribution is 2.26. The van der Waals surface area contributed by atoms with Crippen LogP contribution in [0.3, 0.4) is 0 Å². The minimum Gasteiger partial charge on any atom is -0.479 e. The summed E-state index contributed by atoms with van der Waals surface area (Å²) in [5.74, 6) is -1.35. The van der Waals surface area contributed by atoms with Crippen molar-refractivity contribution < 1.29 is 34.3 Å². The molecule has 0 spiro atoms. The molecular formula is C13H24O7. The van der Waals surface area contributed by atoms with Crippen LogP contribution in [0.25, 0.3) is 0 Å². The van der Waals surface area contributed by atoms with Crippen LogP contribution in [0.2, 0.25) is 0 Å². The minimum atomic E-state index is -1.59. The molecule has 118 valence electrons. The summed E-state index contributed by atoms with van der Waals surface area (Å²) in [6.45, 7) is 5.53. The van der Waals surface area contributed by atoms with Crippen LogP contribution in [-0.2, 0) is 19.0 Å². The second-order valence-corrected chi connectivity index (χ2v) is 5.26. The number of carboxylic acid groups (broad SMARTS) is 1. The van der Waals surface area contributed by atoms with Gasteiger partial charge in [0.25, 0.3) is 0 Å². The van der Waals surface area contributed by atoms with Gasteiger partial charge in [-0.15, -0.1) is 0 Å². The maximum Gasteiger partial charge on any atom is 0.334 e. The highest BCUT2D eigenvalue weighted by molar-refractivity contribution is 5.71. The van der Waals surface area contributed by atoms with E-state index in [1.54, 1.807) is 6.92 Å². The first kappa shape index (κ1) is 17.3. The van der Waals surface area contributed by atoms with Crippen molar-refractivity contribution in [2.75, 3.05) is 19.8 Å². The summed E-state index contributed by atoms with van der Waals surface area (Å²) < 4.78 is 16.0. The largest absolute Gasteiger partial charge is 0.479 e. The maximum absolute atomic E-state index is 10.4. The number of hydrogen-bond donors (Lipinski definition) is 3. The average Bonchev–Trinajstić information content (AvgIpc) is 3.11. The SMILES string of the molecule is CCC(C)(OCC1OC1C)C(O)COCC(O)C(=O)O. The van der Waals surface area contributed by atoms with Crippen molar-refractivity contribution >= 4 is 5.97 Å². The van der Waals surface area contributed by atoms with Crippen LogP contribution in [0, 0.1) is 0 Å². The summed E-state index contributed by atoms with van der Waals surface area (Å²) in [6, 6.07) is 0. The molecule has 3 N–H and O–H groups in total. The average molecular weight is 292 g/mol. The first-order valence-electron chi connectivity index (χ1n) is 6.76. The summed E-state index contributed by atoms with van der Waals surface area (Å²) in [4.78, 5) is 10.4. The molecule has 0 saturated carbocycles. The second-order valence-electron chi connectivity index (χ2n) is 5.26. The summed E-state index contributed by atoms with van der Waals surface area (Å²) in [5, 5.41) is 27.7. The molecule has 7 heteroatoms. The number of rotatable bonds is 10. The van der Waals surface area contributed by atoms with E-state index < -0.39 is 23.8 Å². The first-order chi connectivity index (χ1) is 9.30. The molecule has 7 nitrogen and oxygen atoms in total. The Morgan fingerprint density at radius 2 is 2.00 bits per heavy atom. The highest BCUT2D eigenvalue weighted by atomic mass is 16.6. The van der Waals surface area contributed by atoms with Crippen molar-refractivity contribution in [3.8, 4) is 0 Å². The summed E-state index contributed by atoms with van der Waals surface area (Å²) in [7, 11) is 0. The van der Waals surface area contributed by atoms with Gasteiger partial charge in [0.05, 0.1) is 31.5 Å². The van der Waals surface area contributed by atoms with Crippen LogP contribution in [0.5, 0.6) is 0 Å². The van der Waals surface area contributed by atoms with Gasteiger partial charge in [0.15, 0.2) is 6.10 Å². The first-order valence-corrected chi connectivity index (χ1v) is 6.76. The lowest BCUT2D eigenvalue weighted by atomic mass is 9.96. The van der Waals surface area contributed by atoms with Crippen molar-refractivity contribution in [2.45, 2.75) is 57.2 Å². The molecule has 0 aliphatic carbocycles. The van der Waals surface area contributed by atoms with Gasteiger partial charge in [-0.1, -0.05) is 6.92 Å². The second kappa shape index (κ2) is 7.33. The van der Waals surface area contributed by atoms with E-state index in [0.717, 1.165) is 0 Å². The van der Waals surface area contributed by atoms with Crippen LogP contribution in [0.1, 0.15) is 27.2 Å². The summed E-state index contributed by atoms with van der Waals surface area (Å²) in [6.07, 6.45) is -1.67. The molecule has 0 aromatic heterocycles. The van der Waals surface area contributed by atoms with Crippen LogP contribution in [-0.4, -0.2) is 71.1 Å². The number of epoxide rings is 1. The van der Waals surface area contributed by atoms with Crippen LogP contribution in [0.15, 0.2) is 0 Å². The van der Waals surface area contributed by atoms with Gasteiger partial charge >= 0.3 is 5.97 Å². The molecule has 0 bridgehead atoms. The molecule has 20 heavy (non-hydrogen) atoms. The summed E-state index contributed by atoms with van der Waals surface area (Å²) in [5.41, 5.74) is -0.792. The fourth-order valence-electron chi connectivity index (χ4n) is 1.65. The molecular weight excluding hydrogens is 268 g/mol. The zero-order valence-electron chi connectivity index (χ0n) is 12.1. The van der Waals surface area contributed by atoms with Gasteiger partial charge in [-0.05, 0) is 20.3 Å². The lowest BCUT2D eigenvalue weighted by Crippen LogP contribution is -2.45. The Morgan fingerprint density at radius 1 is 1.40 bits per heavy atom. The van der Waals surface area contributed by atoms with E-state index in [1.165, 1.54) is 0 Å². The maximum atomic E-state index is 10.4. The summed E-state index contributed by atoms with van der Waals surface area (Å²) >= 11 is 0. The van der Waals surface area contributed by atoms with Crippen LogP contribution in [0.4, 0.5) is 0 Å². The van der Waals surface area contributed by atoms with E-state index in [4.69, 9.17) is 24.4 Å². The molecule has 5 atom stereocenters. The molecule has 1 fully saturated rings. The van der Waals surface area contributed by atoms with Gasteiger partial charge in [-0.2, -0.15) is 0 Å². The number of ether oxygens (including phenoxy) is 3. The number of carbonyl (C=O) groups is 1. The smallest absolute Gasteiger partial charge is 0.334 e. The lowest BCUT2D eigenvalue weighted by molar-refractivity contribution is -0.157. The van der Waals surface area contributed by atoms with Gasteiger partial charge in [0, 0.05) is 0 Å². The Bertz CT molecular complexity index is 322. The third kappa shape index (κ3) is 4.99. The fourth-order valence-corrected chi connectivity index (χ4v) is 1.65. The third-order valence-corrected chi connectivity index (χ3v) is 3.66. The normalized spacial score (nSPS) is 27.6. The van der Waals surface area contributed by atoms with Gasteiger partial charge in [-0.3, -0.25) is 0 Å². The Hall–Kier alpha value is -0.730. The highest BCUT2D eigenvalue weighted by Gasteiger charge is 2.39. The predicted octanol–water partition coefficient (Wildman–Crippen LogP) is -0.218. The molecule has 5 unspecified atom stereocenters. The molecule has 0 amide bonds. The standard InChI is InChI=1S/C13H24O7/c1-4-13(3,19-6-10-8(2)20-10)11(15)7-18-5-9(14)12(16)17/h8-11,14-15H,4-7H2,1-3H3,(H,16,17). The Kier molecular flexibility index (Phi) is 6.35. The molecule has 1 heterocycles. The molecule has 0 radical (unpaired) electrons. The number of aliphatic hydroxyl groups excluding tert-OH is 2. The van der Waals surface area contributed by atoms with Crippen molar-refractivity contribution in [1.29, 1.82) is 0 Å². The zero-order chi connectivity index (χ0) is 15.3. The molecule has 1 saturated heterocycles. The van der Waals surface area contributed by atoms with E-state index in [9.17, 15) is 9.90 Å². The van der Waals surface area contributed by atoms with Gasteiger partial charge in [0.2, 0.25) is 0 Å². The number of hydrogen-bond acceptors (Lipinski definition) is 6. The van der Waals surface area contributed by atoms with E-state index in [1.807, 2.05) is 13.8 Å². The van der Waals surface area contributed by atoms with Crippen molar-refractivity contribution in [3.05, 3.63) is 0 Å². The Labute approximate surface area is 118 Å². The predicted molar refractivity (Wildman–Crippen MR) is 69.5 cm³/mol. The van der Waals surface area contributed by atoms with E-state index >= 15 is 0 Å². The fraction of sp³-hybridized carbons (Fsp3) is 0.923. The monoisotopic (exact) mass is 292 g/mol. The minimum absolute atomic E-state index is 0.0721. The van der Waals surface area contributed by atoms with Gasteiger partial charge in [-0.25, -0.2) is 4.79 Å². The molecule has 0 aromatic rings. The van der Waals surface area contributed by atoms with Crippen molar-refractivity contribution in [2.24, 2.45) is 0 Å². The number of aliphatic hydroxyl groups is 2. The number of carboxylic acids is 1.